The van der Waals surface area contributed by atoms with Crippen molar-refractivity contribution in [2.45, 2.75) is 39.8 Å². The number of carboxylic acid groups (broad SMARTS) is 1. The molecule has 1 aromatic heterocycles. The third-order valence-corrected chi connectivity index (χ3v) is 4.05. The van der Waals surface area contributed by atoms with Gasteiger partial charge >= 0.3 is 5.97 Å². The van der Waals surface area contributed by atoms with E-state index in [1.807, 2.05) is 17.7 Å². The monoisotopic (exact) mass is 251 g/mol. The van der Waals surface area contributed by atoms with Crippen LogP contribution in [0.15, 0.2) is 12.3 Å². The first-order valence-electron chi connectivity index (χ1n) is 6.57. The highest BCUT2D eigenvalue weighted by molar-refractivity contribution is 5.75. The summed E-state index contributed by atoms with van der Waals surface area (Å²) in [5.41, 5.74) is 0.617. The molecule has 0 saturated carbocycles. The van der Waals surface area contributed by atoms with Crippen molar-refractivity contribution in [3.63, 3.8) is 0 Å². The summed E-state index contributed by atoms with van der Waals surface area (Å²) in [5.74, 6) is -0.656. The summed E-state index contributed by atoms with van der Waals surface area (Å²) in [6, 6.07) is 2.01. The van der Waals surface area contributed by atoms with E-state index in [1.54, 1.807) is 6.20 Å². The molecule has 2 rings (SSSR count). The molecule has 2 heterocycles. The largest absolute Gasteiger partial charge is 0.481 e. The third-order valence-electron chi connectivity index (χ3n) is 4.05. The minimum Gasteiger partial charge on any atom is -0.481 e. The molecule has 100 valence electrons. The van der Waals surface area contributed by atoms with Gasteiger partial charge in [-0.2, -0.15) is 5.10 Å². The van der Waals surface area contributed by atoms with Gasteiger partial charge < -0.3 is 5.11 Å². The molecule has 0 aliphatic carbocycles. The van der Waals surface area contributed by atoms with Crippen molar-refractivity contribution >= 4 is 5.97 Å². The predicted molar refractivity (Wildman–Crippen MR) is 68.2 cm³/mol. The van der Waals surface area contributed by atoms with Gasteiger partial charge in [-0.1, -0.05) is 6.92 Å². The summed E-state index contributed by atoms with van der Waals surface area (Å²) >= 11 is 0. The zero-order valence-electron chi connectivity index (χ0n) is 11.1. The highest BCUT2D eigenvalue weighted by Crippen LogP contribution is 2.34. The molecule has 1 aliphatic heterocycles. The molecule has 5 heteroatoms. The number of hydrogen-bond donors (Lipinski definition) is 1. The van der Waals surface area contributed by atoms with E-state index in [1.165, 1.54) is 0 Å². The zero-order valence-corrected chi connectivity index (χ0v) is 11.1. The highest BCUT2D eigenvalue weighted by atomic mass is 16.4. The smallest absolute Gasteiger partial charge is 0.310 e. The SMILES string of the molecule is CCn1nccc1CN1CCC(CC)(C(=O)O)C1. The molecule has 0 aromatic carbocycles. The second-order valence-corrected chi connectivity index (χ2v) is 5.04. The maximum atomic E-state index is 11.4. The van der Waals surface area contributed by atoms with Crippen LogP contribution in [0.25, 0.3) is 0 Å². The van der Waals surface area contributed by atoms with E-state index in [0.717, 1.165) is 31.7 Å². The van der Waals surface area contributed by atoms with Crippen molar-refractivity contribution in [3.8, 4) is 0 Å². The molecule has 0 bridgehead atoms. The highest BCUT2D eigenvalue weighted by Gasteiger charge is 2.43. The van der Waals surface area contributed by atoms with Crippen LogP contribution in [0.1, 0.15) is 32.4 Å². The first kappa shape index (κ1) is 13.1. The number of aromatic nitrogens is 2. The van der Waals surface area contributed by atoms with Crippen LogP contribution in [-0.2, 0) is 17.9 Å². The van der Waals surface area contributed by atoms with Crippen molar-refractivity contribution in [1.29, 1.82) is 0 Å². The van der Waals surface area contributed by atoms with Crippen LogP contribution < -0.4 is 0 Å². The standard InChI is InChI=1S/C13H21N3O2/c1-3-13(12(17)18)6-8-15(10-13)9-11-5-7-14-16(11)4-2/h5,7H,3-4,6,8-10H2,1-2H3,(H,17,18). The summed E-state index contributed by atoms with van der Waals surface area (Å²) < 4.78 is 1.96. The Kier molecular flexibility index (Phi) is 3.71. The molecule has 0 radical (unpaired) electrons. The molecule has 1 unspecified atom stereocenters. The molecule has 0 spiro atoms. The lowest BCUT2D eigenvalue weighted by molar-refractivity contribution is -0.148. The van der Waals surface area contributed by atoms with E-state index < -0.39 is 11.4 Å². The molecule has 1 aromatic rings. The number of nitrogens with zero attached hydrogens (tertiary/aromatic N) is 3. The summed E-state index contributed by atoms with van der Waals surface area (Å²) in [5, 5.41) is 13.6. The van der Waals surface area contributed by atoms with E-state index in [2.05, 4.69) is 16.9 Å². The van der Waals surface area contributed by atoms with Crippen molar-refractivity contribution in [3.05, 3.63) is 18.0 Å². The Hall–Kier alpha value is -1.36. The predicted octanol–water partition coefficient (Wildman–Crippen LogP) is 1.59. The van der Waals surface area contributed by atoms with Crippen molar-refractivity contribution < 1.29 is 9.90 Å². The quantitative estimate of drug-likeness (QED) is 0.863. The summed E-state index contributed by atoms with van der Waals surface area (Å²) in [6.45, 7) is 7.18. The van der Waals surface area contributed by atoms with Gasteiger partial charge in [-0.15, -0.1) is 0 Å². The minimum absolute atomic E-state index is 0.545. The number of aryl methyl sites for hydroxylation is 1. The first-order chi connectivity index (χ1) is 8.61. The van der Waals surface area contributed by atoms with Crippen LogP contribution in [-0.4, -0.2) is 38.8 Å². The van der Waals surface area contributed by atoms with Gasteiger partial charge in [0, 0.05) is 25.8 Å². The fourth-order valence-electron chi connectivity index (χ4n) is 2.72. The summed E-state index contributed by atoms with van der Waals surface area (Å²) in [7, 11) is 0. The Morgan fingerprint density at radius 2 is 2.33 bits per heavy atom. The zero-order chi connectivity index (χ0) is 13.2. The molecular weight excluding hydrogens is 230 g/mol. The first-order valence-corrected chi connectivity index (χ1v) is 6.57. The van der Waals surface area contributed by atoms with E-state index >= 15 is 0 Å². The molecule has 1 atom stereocenters. The Balaban J connectivity index is 2.03. The van der Waals surface area contributed by atoms with E-state index in [4.69, 9.17) is 0 Å². The second kappa shape index (κ2) is 5.10. The van der Waals surface area contributed by atoms with Gasteiger partial charge in [0.15, 0.2) is 0 Å². The van der Waals surface area contributed by atoms with Crippen LogP contribution in [0.3, 0.4) is 0 Å². The van der Waals surface area contributed by atoms with Gasteiger partial charge in [0.1, 0.15) is 0 Å². The van der Waals surface area contributed by atoms with Crippen LogP contribution in [0.4, 0.5) is 0 Å². The number of hydrogen-bond acceptors (Lipinski definition) is 3. The Morgan fingerprint density at radius 3 is 2.89 bits per heavy atom. The lowest BCUT2D eigenvalue weighted by Crippen LogP contribution is -2.34. The van der Waals surface area contributed by atoms with Crippen molar-refractivity contribution in [2.75, 3.05) is 13.1 Å². The average Bonchev–Trinajstić information content (AvgIpc) is 2.96. The van der Waals surface area contributed by atoms with Gasteiger partial charge in [-0.05, 0) is 32.4 Å². The topological polar surface area (TPSA) is 58.4 Å². The lowest BCUT2D eigenvalue weighted by atomic mass is 9.84. The molecular formula is C13H21N3O2. The maximum absolute atomic E-state index is 11.4. The number of likely N-dealkylation sites (tertiary alicyclic amines) is 1. The van der Waals surface area contributed by atoms with Gasteiger partial charge in [-0.25, -0.2) is 0 Å². The van der Waals surface area contributed by atoms with Crippen LogP contribution >= 0.6 is 0 Å². The summed E-state index contributed by atoms with van der Waals surface area (Å²) in [4.78, 5) is 13.6. The molecule has 1 saturated heterocycles. The van der Waals surface area contributed by atoms with E-state index in [-0.39, 0.29) is 0 Å². The lowest BCUT2D eigenvalue weighted by Gasteiger charge is -2.23. The minimum atomic E-state index is -0.656. The van der Waals surface area contributed by atoms with Gasteiger partial charge in [0.25, 0.3) is 0 Å². The fourth-order valence-corrected chi connectivity index (χ4v) is 2.72. The van der Waals surface area contributed by atoms with Crippen molar-refractivity contribution in [2.24, 2.45) is 5.41 Å². The normalized spacial score (nSPS) is 24.6. The second-order valence-electron chi connectivity index (χ2n) is 5.04. The number of carbonyl (C=O) groups is 1. The van der Waals surface area contributed by atoms with Gasteiger partial charge in [0.2, 0.25) is 0 Å². The van der Waals surface area contributed by atoms with Crippen LogP contribution in [0, 0.1) is 5.41 Å². The van der Waals surface area contributed by atoms with E-state index in [9.17, 15) is 9.90 Å². The van der Waals surface area contributed by atoms with Crippen LogP contribution in [0.5, 0.6) is 0 Å². The number of carboxylic acids is 1. The molecule has 18 heavy (non-hydrogen) atoms. The molecule has 1 N–H and O–H groups in total. The number of rotatable bonds is 5. The van der Waals surface area contributed by atoms with Crippen molar-refractivity contribution in [1.82, 2.24) is 14.7 Å². The average molecular weight is 251 g/mol. The van der Waals surface area contributed by atoms with Crippen LogP contribution in [0.2, 0.25) is 0 Å². The Bertz CT molecular complexity index is 430. The molecule has 5 nitrogen and oxygen atoms in total. The van der Waals surface area contributed by atoms with Gasteiger partial charge in [-0.3, -0.25) is 14.4 Å². The number of aliphatic carboxylic acids is 1. The Morgan fingerprint density at radius 1 is 1.56 bits per heavy atom. The molecule has 1 aliphatic rings. The van der Waals surface area contributed by atoms with Gasteiger partial charge in [0.05, 0.1) is 11.1 Å². The molecule has 0 amide bonds. The molecule has 1 fully saturated rings. The Labute approximate surface area is 107 Å². The maximum Gasteiger partial charge on any atom is 0.310 e. The fraction of sp³-hybridized carbons (Fsp3) is 0.692. The summed E-state index contributed by atoms with van der Waals surface area (Å²) in [6.07, 6.45) is 3.25. The van der Waals surface area contributed by atoms with E-state index in [0.29, 0.717) is 13.0 Å². The third kappa shape index (κ3) is 2.27.